The van der Waals surface area contributed by atoms with Crippen LogP contribution in [0, 0.1) is 0 Å². The summed E-state index contributed by atoms with van der Waals surface area (Å²) in [7, 11) is 3.19. The van der Waals surface area contributed by atoms with E-state index < -0.39 is 0 Å². The minimum absolute atomic E-state index is 0.00802. The van der Waals surface area contributed by atoms with Gasteiger partial charge in [0, 0.05) is 31.6 Å². The molecule has 2 rings (SSSR count). The number of rotatable bonds is 8. The van der Waals surface area contributed by atoms with Crippen LogP contribution in [0.5, 0.6) is 11.5 Å². The molecule has 0 N–H and O–H groups in total. The van der Waals surface area contributed by atoms with Gasteiger partial charge in [-0.05, 0) is 54.8 Å². The number of nitrogens with zero attached hydrogens (tertiary/aromatic N) is 2. The second-order valence-corrected chi connectivity index (χ2v) is 5.47. The third kappa shape index (κ3) is 5.35. The summed E-state index contributed by atoms with van der Waals surface area (Å²) in [5.41, 5.74) is 2.06. The fourth-order valence-electron chi connectivity index (χ4n) is 2.47. The van der Waals surface area contributed by atoms with Gasteiger partial charge in [0.05, 0.1) is 14.2 Å². The Hall–Kier alpha value is -2.82. The summed E-state index contributed by atoms with van der Waals surface area (Å²) in [6.07, 6.45) is 7.73. The van der Waals surface area contributed by atoms with Crippen molar-refractivity contribution in [2.45, 2.75) is 13.3 Å². The number of methoxy groups -OCH3 is 2. The molecule has 1 amide bonds. The monoisotopic (exact) mass is 340 g/mol. The zero-order valence-corrected chi connectivity index (χ0v) is 14.9. The number of pyridine rings is 1. The lowest BCUT2D eigenvalue weighted by Crippen LogP contribution is -2.31. The van der Waals surface area contributed by atoms with E-state index in [0.29, 0.717) is 24.6 Å². The third-order valence-corrected chi connectivity index (χ3v) is 3.94. The third-order valence-electron chi connectivity index (χ3n) is 3.94. The Morgan fingerprint density at radius 3 is 2.48 bits per heavy atom. The number of hydrogen-bond acceptors (Lipinski definition) is 4. The molecule has 0 atom stereocenters. The van der Waals surface area contributed by atoms with Crippen LogP contribution in [-0.2, 0) is 11.2 Å². The molecule has 0 aliphatic carbocycles. The molecule has 1 aromatic heterocycles. The fourth-order valence-corrected chi connectivity index (χ4v) is 2.47. The number of likely N-dealkylation sites (N-methyl/N-ethyl adjacent to an activating group) is 1. The van der Waals surface area contributed by atoms with E-state index in [9.17, 15) is 4.79 Å². The van der Waals surface area contributed by atoms with Gasteiger partial charge in [-0.2, -0.15) is 0 Å². The van der Waals surface area contributed by atoms with Crippen molar-refractivity contribution in [1.29, 1.82) is 0 Å². The molecule has 0 saturated carbocycles. The highest BCUT2D eigenvalue weighted by Crippen LogP contribution is 2.27. The molecule has 0 radical (unpaired) electrons. The quantitative estimate of drug-likeness (QED) is 0.693. The number of carbonyl (C=O) groups is 1. The number of ether oxygens (including phenoxy) is 2. The maximum absolute atomic E-state index is 12.4. The SMILES string of the molecule is CCN(CCc1ccncc1)C(=O)/C=C/c1ccc(OC)c(OC)c1. The van der Waals surface area contributed by atoms with Crippen molar-refractivity contribution in [3.8, 4) is 11.5 Å². The predicted octanol–water partition coefficient (Wildman–Crippen LogP) is 3.20. The highest BCUT2D eigenvalue weighted by atomic mass is 16.5. The average Bonchev–Trinajstić information content (AvgIpc) is 2.67. The summed E-state index contributed by atoms with van der Waals surface area (Å²) >= 11 is 0. The first-order valence-electron chi connectivity index (χ1n) is 8.25. The Kier molecular flexibility index (Phi) is 7.01. The highest BCUT2D eigenvalue weighted by molar-refractivity contribution is 5.91. The molecule has 0 saturated heterocycles. The molecule has 0 aliphatic heterocycles. The maximum atomic E-state index is 12.4. The Bertz CT molecular complexity index is 714. The number of hydrogen-bond donors (Lipinski definition) is 0. The van der Waals surface area contributed by atoms with Crippen LogP contribution in [0.3, 0.4) is 0 Å². The largest absolute Gasteiger partial charge is 0.493 e. The van der Waals surface area contributed by atoms with Crippen molar-refractivity contribution in [2.24, 2.45) is 0 Å². The standard InChI is InChI=1S/C20H24N2O3/c1-4-22(14-11-16-9-12-21-13-10-16)20(23)8-6-17-5-7-18(24-2)19(15-17)25-3/h5-10,12-13,15H,4,11,14H2,1-3H3/b8-6+. The molecule has 0 fully saturated rings. The van der Waals surface area contributed by atoms with Crippen LogP contribution in [-0.4, -0.2) is 43.1 Å². The first kappa shape index (κ1) is 18.5. The summed E-state index contributed by atoms with van der Waals surface area (Å²) in [5.74, 6) is 1.30. The van der Waals surface area contributed by atoms with E-state index >= 15 is 0 Å². The normalized spacial score (nSPS) is 10.7. The molecule has 0 spiro atoms. The van der Waals surface area contributed by atoms with Gasteiger partial charge in [0.25, 0.3) is 0 Å². The molecule has 1 aromatic carbocycles. The molecule has 5 nitrogen and oxygen atoms in total. The van der Waals surface area contributed by atoms with E-state index in [-0.39, 0.29) is 5.91 Å². The first-order valence-corrected chi connectivity index (χ1v) is 8.25. The van der Waals surface area contributed by atoms with E-state index in [0.717, 1.165) is 12.0 Å². The number of amides is 1. The van der Waals surface area contributed by atoms with E-state index in [1.54, 1.807) is 38.8 Å². The number of carbonyl (C=O) groups excluding carboxylic acids is 1. The van der Waals surface area contributed by atoms with Crippen LogP contribution < -0.4 is 9.47 Å². The van der Waals surface area contributed by atoms with Crippen LogP contribution in [0.2, 0.25) is 0 Å². The Morgan fingerprint density at radius 1 is 1.12 bits per heavy atom. The Morgan fingerprint density at radius 2 is 1.84 bits per heavy atom. The topological polar surface area (TPSA) is 51.7 Å². The van der Waals surface area contributed by atoms with Crippen LogP contribution in [0.1, 0.15) is 18.1 Å². The van der Waals surface area contributed by atoms with Crippen molar-refractivity contribution < 1.29 is 14.3 Å². The summed E-state index contributed by atoms with van der Waals surface area (Å²) in [6, 6.07) is 9.49. The maximum Gasteiger partial charge on any atom is 0.246 e. The fraction of sp³-hybridized carbons (Fsp3) is 0.300. The van der Waals surface area contributed by atoms with E-state index in [1.807, 2.05) is 42.2 Å². The lowest BCUT2D eigenvalue weighted by Gasteiger charge is -2.19. The molecule has 132 valence electrons. The zero-order chi connectivity index (χ0) is 18.1. The lowest BCUT2D eigenvalue weighted by molar-refractivity contribution is -0.125. The summed E-state index contributed by atoms with van der Waals surface area (Å²) in [4.78, 5) is 18.2. The van der Waals surface area contributed by atoms with Crippen LogP contribution in [0.15, 0.2) is 48.8 Å². The van der Waals surface area contributed by atoms with Gasteiger partial charge in [-0.3, -0.25) is 9.78 Å². The van der Waals surface area contributed by atoms with Gasteiger partial charge in [0.15, 0.2) is 11.5 Å². The average molecular weight is 340 g/mol. The predicted molar refractivity (Wildman–Crippen MR) is 98.8 cm³/mol. The molecule has 25 heavy (non-hydrogen) atoms. The van der Waals surface area contributed by atoms with Crippen LogP contribution >= 0.6 is 0 Å². The number of benzene rings is 1. The molecule has 2 aromatic rings. The van der Waals surface area contributed by atoms with Crippen molar-refractivity contribution in [1.82, 2.24) is 9.88 Å². The number of aromatic nitrogens is 1. The van der Waals surface area contributed by atoms with Gasteiger partial charge in [-0.1, -0.05) is 6.07 Å². The molecule has 0 aliphatic rings. The van der Waals surface area contributed by atoms with Gasteiger partial charge in [0.2, 0.25) is 5.91 Å². The summed E-state index contributed by atoms with van der Waals surface area (Å²) in [6.45, 7) is 3.32. The smallest absolute Gasteiger partial charge is 0.246 e. The van der Waals surface area contributed by atoms with Crippen LogP contribution in [0.4, 0.5) is 0 Å². The molecule has 0 unspecified atom stereocenters. The van der Waals surface area contributed by atoms with Crippen molar-refractivity contribution >= 4 is 12.0 Å². The zero-order valence-electron chi connectivity index (χ0n) is 14.9. The minimum Gasteiger partial charge on any atom is -0.493 e. The minimum atomic E-state index is -0.00802. The van der Waals surface area contributed by atoms with Crippen molar-refractivity contribution in [2.75, 3.05) is 27.3 Å². The van der Waals surface area contributed by atoms with Crippen LogP contribution in [0.25, 0.3) is 6.08 Å². The first-order chi connectivity index (χ1) is 12.2. The van der Waals surface area contributed by atoms with Gasteiger partial charge >= 0.3 is 0 Å². The van der Waals surface area contributed by atoms with Crippen molar-refractivity contribution in [3.63, 3.8) is 0 Å². The van der Waals surface area contributed by atoms with E-state index in [4.69, 9.17) is 9.47 Å². The molecular formula is C20H24N2O3. The highest BCUT2D eigenvalue weighted by Gasteiger charge is 2.09. The molecule has 1 heterocycles. The van der Waals surface area contributed by atoms with E-state index in [2.05, 4.69) is 4.98 Å². The summed E-state index contributed by atoms with van der Waals surface area (Å²) < 4.78 is 10.5. The second kappa shape index (κ2) is 9.47. The molecule has 0 bridgehead atoms. The van der Waals surface area contributed by atoms with Gasteiger partial charge in [0.1, 0.15) is 0 Å². The van der Waals surface area contributed by atoms with Gasteiger partial charge in [-0.15, -0.1) is 0 Å². The van der Waals surface area contributed by atoms with Crippen molar-refractivity contribution in [3.05, 3.63) is 59.9 Å². The Labute approximate surface area is 148 Å². The summed E-state index contributed by atoms with van der Waals surface area (Å²) in [5, 5.41) is 0. The van der Waals surface area contributed by atoms with Gasteiger partial charge < -0.3 is 14.4 Å². The lowest BCUT2D eigenvalue weighted by atomic mass is 10.1. The molecular weight excluding hydrogens is 316 g/mol. The van der Waals surface area contributed by atoms with E-state index in [1.165, 1.54) is 5.56 Å². The second-order valence-electron chi connectivity index (χ2n) is 5.47. The Balaban J connectivity index is 1.99. The molecule has 5 heteroatoms. The van der Waals surface area contributed by atoms with Gasteiger partial charge in [-0.25, -0.2) is 0 Å².